The first-order chi connectivity index (χ1) is 7.05. The second-order valence-corrected chi connectivity index (χ2v) is 5.03. The normalized spacial score (nSPS) is 14.7. The Labute approximate surface area is 93.6 Å². The molecule has 16 heavy (non-hydrogen) atoms. The Bertz CT molecular complexity index is 233. The van der Waals surface area contributed by atoms with Gasteiger partial charge < -0.3 is 11.1 Å². The number of halogens is 3. The van der Waals surface area contributed by atoms with Crippen LogP contribution in [-0.2, 0) is 4.79 Å². The van der Waals surface area contributed by atoms with Gasteiger partial charge in [-0.1, -0.05) is 20.8 Å². The highest BCUT2D eigenvalue weighted by atomic mass is 19.4. The zero-order chi connectivity index (χ0) is 13.0. The van der Waals surface area contributed by atoms with E-state index in [0.717, 1.165) is 0 Å². The molecular weight excluding hydrogens is 221 g/mol. The van der Waals surface area contributed by atoms with Gasteiger partial charge in [-0.2, -0.15) is 13.2 Å². The van der Waals surface area contributed by atoms with Crippen molar-refractivity contribution < 1.29 is 18.0 Å². The van der Waals surface area contributed by atoms with E-state index in [1.165, 1.54) is 0 Å². The first-order valence-electron chi connectivity index (χ1n) is 5.10. The molecule has 0 aromatic carbocycles. The zero-order valence-electron chi connectivity index (χ0n) is 9.82. The molecule has 3 N–H and O–H groups in total. The van der Waals surface area contributed by atoms with Crippen LogP contribution in [0.1, 0.15) is 27.2 Å². The molecule has 0 saturated heterocycles. The monoisotopic (exact) mass is 240 g/mol. The standard InChI is InChI=1S/C10H19F3N2O/c1-9(2,3)4-7(5-14)8(16)15-6-10(11,12)13/h7H,4-6,14H2,1-3H3,(H,15,16). The predicted octanol–water partition coefficient (Wildman–Crippen LogP) is 1.68. The third-order valence-corrected chi connectivity index (χ3v) is 1.98. The van der Waals surface area contributed by atoms with Gasteiger partial charge in [0.2, 0.25) is 5.91 Å². The molecule has 0 saturated carbocycles. The first-order valence-corrected chi connectivity index (χ1v) is 5.10. The molecule has 0 bridgehead atoms. The maximum atomic E-state index is 11.9. The lowest BCUT2D eigenvalue weighted by molar-refractivity contribution is -0.141. The van der Waals surface area contributed by atoms with Gasteiger partial charge in [0, 0.05) is 6.54 Å². The Morgan fingerprint density at radius 1 is 1.31 bits per heavy atom. The van der Waals surface area contributed by atoms with Gasteiger partial charge in [-0.05, 0) is 11.8 Å². The van der Waals surface area contributed by atoms with E-state index in [-0.39, 0.29) is 12.0 Å². The van der Waals surface area contributed by atoms with E-state index in [9.17, 15) is 18.0 Å². The maximum Gasteiger partial charge on any atom is 0.405 e. The Morgan fingerprint density at radius 3 is 2.12 bits per heavy atom. The summed E-state index contributed by atoms with van der Waals surface area (Å²) in [6.07, 6.45) is -3.91. The van der Waals surface area contributed by atoms with Crippen LogP contribution in [0.5, 0.6) is 0 Å². The van der Waals surface area contributed by atoms with E-state index >= 15 is 0 Å². The Kier molecular flexibility index (Phi) is 5.25. The molecule has 0 aromatic rings. The van der Waals surface area contributed by atoms with Crippen molar-refractivity contribution in [3.63, 3.8) is 0 Å². The van der Waals surface area contributed by atoms with Crippen molar-refractivity contribution in [2.45, 2.75) is 33.4 Å². The fraction of sp³-hybridized carbons (Fsp3) is 0.900. The molecule has 0 aromatic heterocycles. The van der Waals surface area contributed by atoms with Gasteiger partial charge in [-0.25, -0.2) is 0 Å². The summed E-state index contributed by atoms with van der Waals surface area (Å²) in [4.78, 5) is 11.4. The third-order valence-electron chi connectivity index (χ3n) is 1.98. The van der Waals surface area contributed by atoms with Crippen molar-refractivity contribution in [2.24, 2.45) is 17.1 Å². The summed E-state index contributed by atoms with van der Waals surface area (Å²) >= 11 is 0. The molecule has 96 valence electrons. The van der Waals surface area contributed by atoms with Crippen LogP contribution in [0.2, 0.25) is 0 Å². The lowest BCUT2D eigenvalue weighted by Crippen LogP contribution is -2.41. The van der Waals surface area contributed by atoms with Crippen molar-refractivity contribution in [3.8, 4) is 0 Å². The van der Waals surface area contributed by atoms with Crippen LogP contribution < -0.4 is 11.1 Å². The molecule has 0 radical (unpaired) electrons. The highest BCUT2D eigenvalue weighted by Crippen LogP contribution is 2.24. The minimum Gasteiger partial charge on any atom is -0.347 e. The van der Waals surface area contributed by atoms with Crippen molar-refractivity contribution >= 4 is 5.91 Å². The molecular formula is C10H19F3N2O. The van der Waals surface area contributed by atoms with Crippen LogP contribution in [0.3, 0.4) is 0 Å². The average Bonchev–Trinajstić information content (AvgIpc) is 2.07. The van der Waals surface area contributed by atoms with Gasteiger partial charge in [0.15, 0.2) is 0 Å². The van der Waals surface area contributed by atoms with Crippen molar-refractivity contribution in [1.29, 1.82) is 0 Å². The summed E-state index contributed by atoms with van der Waals surface area (Å²) in [5.41, 5.74) is 5.24. The number of carbonyl (C=O) groups excluding carboxylic acids is 1. The molecule has 0 aliphatic heterocycles. The minimum atomic E-state index is -4.38. The number of alkyl halides is 3. The van der Waals surface area contributed by atoms with Crippen LogP contribution >= 0.6 is 0 Å². The number of nitrogens with two attached hydrogens (primary N) is 1. The zero-order valence-corrected chi connectivity index (χ0v) is 9.82. The van der Waals surface area contributed by atoms with E-state index < -0.39 is 24.5 Å². The Morgan fingerprint density at radius 2 is 1.81 bits per heavy atom. The number of nitrogens with one attached hydrogen (secondary N) is 1. The molecule has 1 atom stereocenters. The largest absolute Gasteiger partial charge is 0.405 e. The lowest BCUT2D eigenvalue weighted by Gasteiger charge is -2.24. The summed E-state index contributed by atoms with van der Waals surface area (Å²) < 4.78 is 35.6. The highest BCUT2D eigenvalue weighted by molar-refractivity contribution is 5.78. The summed E-state index contributed by atoms with van der Waals surface area (Å²) in [7, 11) is 0. The quantitative estimate of drug-likeness (QED) is 0.785. The third kappa shape index (κ3) is 7.50. The molecule has 3 nitrogen and oxygen atoms in total. The predicted molar refractivity (Wildman–Crippen MR) is 55.7 cm³/mol. The molecule has 0 spiro atoms. The van der Waals surface area contributed by atoms with E-state index in [1.807, 2.05) is 26.1 Å². The number of carbonyl (C=O) groups is 1. The van der Waals surface area contributed by atoms with E-state index in [0.29, 0.717) is 6.42 Å². The molecule has 0 rings (SSSR count). The van der Waals surface area contributed by atoms with Crippen molar-refractivity contribution in [3.05, 3.63) is 0 Å². The Balaban J connectivity index is 4.22. The highest BCUT2D eigenvalue weighted by Gasteiger charge is 2.30. The van der Waals surface area contributed by atoms with Crippen LogP contribution in [0.25, 0.3) is 0 Å². The summed E-state index contributed by atoms with van der Waals surface area (Å²) in [6.45, 7) is 4.49. The molecule has 0 heterocycles. The van der Waals surface area contributed by atoms with Crippen LogP contribution in [0.4, 0.5) is 13.2 Å². The summed E-state index contributed by atoms with van der Waals surface area (Å²) in [5, 5.41) is 1.85. The van der Waals surface area contributed by atoms with Gasteiger partial charge in [0.05, 0.1) is 5.92 Å². The number of hydrogen-bond acceptors (Lipinski definition) is 2. The average molecular weight is 240 g/mol. The fourth-order valence-electron chi connectivity index (χ4n) is 1.35. The maximum absolute atomic E-state index is 11.9. The van der Waals surface area contributed by atoms with Gasteiger partial charge in [0.25, 0.3) is 0 Å². The van der Waals surface area contributed by atoms with Crippen LogP contribution in [-0.4, -0.2) is 25.2 Å². The van der Waals surface area contributed by atoms with E-state index in [1.54, 1.807) is 0 Å². The second-order valence-electron chi connectivity index (χ2n) is 5.03. The number of hydrogen-bond donors (Lipinski definition) is 2. The minimum absolute atomic E-state index is 0.0565. The van der Waals surface area contributed by atoms with Gasteiger partial charge in [-0.3, -0.25) is 4.79 Å². The van der Waals surface area contributed by atoms with Gasteiger partial charge in [-0.15, -0.1) is 0 Å². The molecule has 1 unspecified atom stereocenters. The lowest BCUT2D eigenvalue weighted by atomic mass is 9.84. The number of amides is 1. The van der Waals surface area contributed by atoms with E-state index in [4.69, 9.17) is 5.73 Å². The molecule has 0 aliphatic rings. The molecule has 0 aliphatic carbocycles. The van der Waals surface area contributed by atoms with Gasteiger partial charge >= 0.3 is 6.18 Å². The van der Waals surface area contributed by atoms with Gasteiger partial charge in [0.1, 0.15) is 6.54 Å². The van der Waals surface area contributed by atoms with Crippen molar-refractivity contribution in [1.82, 2.24) is 5.32 Å². The van der Waals surface area contributed by atoms with Crippen LogP contribution in [0, 0.1) is 11.3 Å². The first kappa shape index (κ1) is 15.2. The molecule has 6 heteroatoms. The molecule has 1 amide bonds. The van der Waals surface area contributed by atoms with E-state index in [2.05, 4.69) is 0 Å². The summed E-state index contributed by atoms with van der Waals surface area (Å²) in [5.74, 6) is -1.20. The summed E-state index contributed by atoms with van der Waals surface area (Å²) in [6, 6.07) is 0. The number of rotatable bonds is 4. The molecule has 0 fully saturated rings. The van der Waals surface area contributed by atoms with Crippen molar-refractivity contribution in [2.75, 3.05) is 13.1 Å². The topological polar surface area (TPSA) is 55.1 Å². The second kappa shape index (κ2) is 5.52. The van der Waals surface area contributed by atoms with Crippen LogP contribution in [0.15, 0.2) is 0 Å². The SMILES string of the molecule is CC(C)(C)CC(CN)C(=O)NCC(F)(F)F. The smallest absolute Gasteiger partial charge is 0.347 e. The fourth-order valence-corrected chi connectivity index (χ4v) is 1.35. The Hall–Kier alpha value is -0.780.